The molecule has 1 amide bonds. The Bertz CT molecular complexity index is 286. The third kappa shape index (κ3) is 5.38. The van der Waals surface area contributed by atoms with Crippen LogP contribution < -0.4 is 11.1 Å². The number of halogens is 3. The quantitative estimate of drug-likeness (QED) is 0.813. The second kappa shape index (κ2) is 7.12. The maximum absolute atomic E-state index is 12.5. The van der Waals surface area contributed by atoms with Crippen molar-refractivity contribution in [2.24, 2.45) is 11.7 Å². The number of hydrogen-bond acceptors (Lipinski definition) is 2. The Morgan fingerprint density at radius 1 is 1.32 bits per heavy atom. The summed E-state index contributed by atoms with van der Waals surface area (Å²) in [5.41, 5.74) is 5.72. The van der Waals surface area contributed by atoms with Crippen LogP contribution in [-0.2, 0) is 4.79 Å². The molecule has 3 nitrogen and oxygen atoms in total. The van der Waals surface area contributed by atoms with Crippen LogP contribution in [0.15, 0.2) is 0 Å². The number of carbonyl (C=O) groups excluding carboxylic acids is 1. The number of nitrogens with one attached hydrogen (secondary N) is 1. The number of hydrogen-bond donors (Lipinski definition) is 2. The van der Waals surface area contributed by atoms with Crippen LogP contribution >= 0.6 is 0 Å². The van der Waals surface area contributed by atoms with Crippen molar-refractivity contribution >= 4 is 5.91 Å². The predicted molar refractivity (Wildman–Crippen MR) is 67.4 cm³/mol. The van der Waals surface area contributed by atoms with Gasteiger partial charge in [0, 0.05) is 6.04 Å². The zero-order valence-electron chi connectivity index (χ0n) is 11.3. The fourth-order valence-corrected chi connectivity index (χ4v) is 2.43. The fourth-order valence-electron chi connectivity index (χ4n) is 2.43. The third-order valence-corrected chi connectivity index (χ3v) is 3.74. The van der Waals surface area contributed by atoms with Gasteiger partial charge >= 0.3 is 6.18 Å². The molecule has 0 aliphatic heterocycles. The van der Waals surface area contributed by atoms with Crippen molar-refractivity contribution in [3.63, 3.8) is 0 Å². The molecule has 0 heterocycles. The standard InChI is InChI=1S/C13H23F3N2O/c1-2-3-4-11(17)12(19)18-10-7-5-9(6-8-10)13(14,15)16/h9-11H,2-8,17H2,1H3,(H,18,19). The highest BCUT2D eigenvalue weighted by atomic mass is 19.4. The molecule has 0 bridgehead atoms. The van der Waals surface area contributed by atoms with E-state index in [0.29, 0.717) is 19.3 Å². The van der Waals surface area contributed by atoms with Crippen LogP contribution in [-0.4, -0.2) is 24.2 Å². The van der Waals surface area contributed by atoms with Crippen molar-refractivity contribution < 1.29 is 18.0 Å². The first-order valence-corrected chi connectivity index (χ1v) is 6.97. The van der Waals surface area contributed by atoms with Gasteiger partial charge in [-0.2, -0.15) is 13.2 Å². The molecule has 19 heavy (non-hydrogen) atoms. The Kier molecular flexibility index (Phi) is 6.10. The van der Waals surface area contributed by atoms with Crippen LogP contribution in [0.2, 0.25) is 0 Å². The van der Waals surface area contributed by atoms with E-state index in [-0.39, 0.29) is 24.8 Å². The van der Waals surface area contributed by atoms with E-state index in [2.05, 4.69) is 5.32 Å². The highest BCUT2D eigenvalue weighted by molar-refractivity contribution is 5.81. The average molecular weight is 280 g/mol. The predicted octanol–water partition coefficient (Wildman–Crippen LogP) is 2.74. The largest absolute Gasteiger partial charge is 0.391 e. The first-order chi connectivity index (χ1) is 8.84. The molecule has 0 aromatic heterocycles. The van der Waals surface area contributed by atoms with Gasteiger partial charge in [0.15, 0.2) is 0 Å². The van der Waals surface area contributed by atoms with Crippen molar-refractivity contribution in [2.75, 3.05) is 0 Å². The van der Waals surface area contributed by atoms with Crippen molar-refractivity contribution in [3.8, 4) is 0 Å². The smallest absolute Gasteiger partial charge is 0.352 e. The minimum atomic E-state index is -4.10. The Morgan fingerprint density at radius 2 is 1.89 bits per heavy atom. The molecular formula is C13H23F3N2O. The Morgan fingerprint density at radius 3 is 2.37 bits per heavy atom. The number of carbonyl (C=O) groups is 1. The van der Waals surface area contributed by atoms with Gasteiger partial charge in [-0.25, -0.2) is 0 Å². The molecule has 1 fully saturated rings. The summed E-state index contributed by atoms with van der Waals surface area (Å²) in [6, 6.07) is -0.695. The molecule has 1 aliphatic rings. The van der Waals surface area contributed by atoms with Crippen LogP contribution in [0.4, 0.5) is 13.2 Å². The van der Waals surface area contributed by atoms with E-state index in [1.165, 1.54) is 0 Å². The van der Waals surface area contributed by atoms with Crippen LogP contribution in [0.25, 0.3) is 0 Å². The molecule has 112 valence electrons. The monoisotopic (exact) mass is 280 g/mol. The fraction of sp³-hybridized carbons (Fsp3) is 0.923. The summed E-state index contributed by atoms with van der Waals surface area (Å²) in [6.45, 7) is 2.02. The molecule has 1 saturated carbocycles. The topological polar surface area (TPSA) is 55.1 Å². The summed E-state index contributed by atoms with van der Waals surface area (Å²) in [6.07, 6.45) is -0.663. The Balaban J connectivity index is 2.31. The van der Waals surface area contributed by atoms with Gasteiger partial charge in [0.1, 0.15) is 0 Å². The van der Waals surface area contributed by atoms with E-state index >= 15 is 0 Å². The molecule has 0 spiro atoms. The van der Waals surface area contributed by atoms with Crippen LogP contribution in [0, 0.1) is 5.92 Å². The van der Waals surface area contributed by atoms with E-state index < -0.39 is 18.1 Å². The molecule has 0 radical (unpaired) electrons. The van der Waals surface area contributed by atoms with Gasteiger partial charge in [-0.1, -0.05) is 19.8 Å². The average Bonchev–Trinajstić information content (AvgIpc) is 2.35. The molecule has 1 unspecified atom stereocenters. The summed E-state index contributed by atoms with van der Waals surface area (Å²) in [5, 5.41) is 2.77. The lowest BCUT2D eigenvalue weighted by Crippen LogP contribution is -2.47. The molecule has 0 saturated heterocycles. The van der Waals surface area contributed by atoms with E-state index in [1.807, 2.05) is 6.92 Å². The molecule has 1 rings (SSSR count). The van der Waals surface area contributed by atoms with E-state index in [9.17, 15) is 18.0 Å². The maximum Gasteiger partial charge on any atom is 0.391 e. The summed E-state index contributed by atoms with van der Waals surface area (Å²) in [5.74, 6) is -1.45. The van der Waals surface area contributed by atoms with Gasteiger partial charge in [0.25, 0.3) is 0 Å². The van der Waals surface area contributed by atoms with E-state index in [0.717, 1.165) is 12.8 Å². The molecule has 3 N–H and O–H groups in total. The first-order valence-electron chi connectivity index (χ1n) is 6.97. The molecule has 0 aromatic carbocycles. The summed E-state index contributed by atoms with van der Waals surface area (Å²) < 4.78 is 37.5. The number of alkyl halides is 3. The normalized spacial score (nSPS) is 25.9. The lowest BCUT2D eigenvalue weighted by molar-refractivity contribution is -0.182. The highest BCUT2D eigenvalue weighted by Crippen LogP contribution is 2.37. The number of nitrogens with two attached hydrogens (primary N) is 1. The van der Waals surface area contributed by atoms with Gasteiger partial charge in [-0.05, 0) is 32.1 Å². The molecular weight excluding hydrogens is 257 g/mol. The van der Waals surface area contributed by atoms with E-state index in [1.54, 1.807) is 0 Å². The summed E-state index contributed by atoms with van der Waals surface area (Å²) >= 11 is 0. The number of amides is 1. The molecule has 0 aromatic rings. The van der Waals surface area contributed by atoms with Crippen molar-refractivity contribution in [1.82, 2.24) is 5.32 Å². The van der Waals surface area contributed by atoms with Gasteiger partial charge in [-0.15, -0.1) is 0 Å². The molecule has 1 atom stereocenters. The van der Waals surface area contributed by atoms with Crippen LogP contribution in [0.1, 0.15) is 51.9 Å². The summed E-state index contributed by atoms with van der Waals surface area (Å²) in [4.78, 5) is 11.7. The summed E-state index contributed by atoms with van der Waals surface area (Å²) in [7, 11) is 0. The second-order valence-electron chi connectivity index (χ2n) is 5.35. The lowest BCUT2D eigenvalue weighted by atomic mass is 9.85. The zero-order chi connectivity index (χ0) is 14.5. The van der Waals surface area contributed by atoms with Crippen molar-refractivity contribution in [1.29, 1.82) is 0 Å². The third-order valence-electron chi connectivity index (χ3n) is 3.74. The Labute approximate surface area is 112 Å². The number of unbranched alkanes of at least 4 members (excludes halogenated alkanes) is 1. The Hall–Kier alpha value is -0.780. The van der Waals surface area contributed by atoms with Crippen molar-refractivity contribution in [2.45, 2.75) is 70.1 Å². The zero-order valence-corrected chi connectivity index (χ0v) is 11.3. The number of rotatable bonds is 5. The first kappa shape index (κ1) is 16.3. The van der Waals surface area contributed by atoms with Crippen molar-refractivity contribution in [3.05, 3.63) is 0 Å². The van der Waals surface area contributed by atoms with E-state index in [4.69, 9.17) is 5.73 Å². The van der Waals surface area contributed by atoms with Gasteiger partial charge in [0.2, 0.25) is 5.91 Å². The highest BCUT2D eigenvalue weighted by Gasteiger charge is 2.41. The van der Waals surface area contributed by atoms with Gasteiger partial charge < -0.3 is 11.1 Å². The molecule has 1 aliphatic carbocycles. The molecule has 6 heteroatoms. The second-order valence-corrected chi connectivity index (χ2v) is 5.35. The van der Waals surface area contributed by atoms with Crippen LogP contribution in [0.5, 0.6) is 0 Å². The lowest BCUT2D eigenvalue weighted by Gasteiger charge is -2.30. The maximum atomic E-state index is 12.5. The minimum absolute atomic E-state index is 0.0959. The van der Waals surface area contributed by atoms with Crippen LogP contribution in [0.3, 0.4) is 0 Å². The van der Waals surface area contributed by atoms with Gasteiger partial charge in [0.05, 0.1) is 12.0 Å². The van der Waals surface area contributed by atoms with Gasteiger partial charge in [-0.3, -0.25) is 4.79 Å². The SMILES string of the molecule is CCCCC(N)C(=O)NC1CCC(C(F)(F)F)CC1. The minimum Gasteiger partial charge on any atom is -0.352 e.